The highest BCUT2D eigenvalue weighted by Gasteiger charge is 2.27. The Labute approximate surface area is 138 Å². The van der Waals surface area contributed by atoms with Crippen molar-refractivity contribution >= 4 is 5.91 Å². The van der Waals surface area contributed by atoms with Gasteiger partial charge in [-0.05, 0) is 18.4 Å². The molecule has 0 atom stereocenters. The number of nitrogens with zero attached hydrogens (tertiary/aromatic N) is 3. The molecule has 3 aromatic rings. The number of hydrogen-bond acceptors (Lipinski definition) is 4. The van der Waals surface area contributed by atoms with Gasteiger partial charge < -0.3 is 10.5 Å². The molecule has 2 heterocycles. The van der Waals surface area contributed by atoms with Crippen molar-refractivity contribution in [3.8, 4) is 11.3 Å². The Hall–Kier alpha value is -2.93. The fraction of sp³-hybridized carbons (Fsp3) is 0.235. The average molecular weight is 323 g/mol. The molecule has 1 aromatic carbocycles. The molecular formula is C17H17N5O2. The Kier molecular flexibility index (Phi) is 3.62. The predicted octanol–water partition coefficient (Wildman–Crippen LogP) is 1.64. The zero-order valence-electron chi connectivity index (χ0n) is 13.0. The first kappa shape index (κ1) is 14.6. The van der Waals surface area contributed by atoms with Gasteiger partial charge in [0.2, 0.25) is 0 Å². The molecule has 0 aliphatic heterocycles. The Bertz CT molecular complexity index is 882. The second kappa shape index (κ2) is 5.93. The third-order valence-electron chi connectivity index (χ3n) is 4.25. The Morgan fingerprint density at radius 1 is 1.29 bits per heavy atom. The number of aromatic amines is 1. The molecule has 4 rings (SSSR count). The molecule has 7 heteroatoms. The van der Waals surface area contributed by atoms with E-state index in [0.717, 1.165) is 34.5 Å². The Morgan fingerprint density at radius 3 is 2.92 bits per heavy atom. The summed E-state index contributed by atoms with van der Waals surface area (Å²) in [6.07, 6.45) is 3.25. The number of primary amides is 1. The third kappa shape index (κ3) is 2.48. The summed E-state index contributed by atoms with van der Waals surface area (Å²) in [7, 11) is 0. The van der Waals surface area contributed by atoms with Crippen molar-refractivity contribution < 1.29 is 9.53 Å². The van der Waals surface area contributed by atoms with E-state index in [2.05, 4.69) is 15.3 Å². The van der Waals surface area contributed by atoms with Gasteiger partial charge in [0.1, 0.15) is 12.4 Å². The van der Waals surface area contributed by atoms with Crippen LogP contribution in [0, 0.1) is 0 Å². The molecule has 1 amide bonds. The van der Waals surface area contributed by atoms with Crippen LogP contribution in [0.5, 0.6) is 0 Å². The highest BCUT2D eigenvalue weighted by molar-refractivity contribution is 5.94. The van der Waals surface area contributed by atoms with Crippen molar-refractivity contribution in [3.05, 3.63) is 59.0 Å². The fourth-order valence-corrected chi connectivity index (χ4v) is 3.09. The van der Waals surface area contributed by atoms with Crippen LogP contribution in [-0.2, 0) is 30.9 Å². The average Bonchev–Trinajstić information content (AvgIpc) is 3.19. The maximum atomic E-state index is 11.4. The number of aromatic nitrogens is 4. The molecule has 1 aliphatic carbocycles. The van der Waals surface area contributed by atoms with E-state index in [0.29, 0.717) is 25.5 Å². The number of fused-ring (bicyclic) bond motifs is 3. The molecular weight excluding hydrogens is 306 g/mol. The predicted molar refractivity (Wildman–Crippen MR) is 87.0 cm³/mol. The number of amides is 1. The number of rotatable bonds is 5. The van der Waals surface area contributed by atoms with Crippen molar-refractivity contribution in [2.24, 2.45) is 5.73 Å². The van der Waals surface area contributed by atoms with Gasteiger partial charge in [-0.3, -0.25) is 9.89 Å². The normalized spacial score (nSPS) is 12.7. The van der Waals surface area contributed by atoms with Crippen molar-refractivity contribution in [1.29, 1.82) is 0 Å². The monoisotopic (exact) mass is 323 g/mol. The van der Waals surface area contributed by atoms with E-state index in [1.165, 1.54) is 0 Å². The standard InChI is InChI=1S/C17H17N5O2/c18-17(23)16-12-6-7-14-13(15(12)20-21-16)8-19-22(14)10-24-9-11-4-2-1-3-5-11/h1-5,8H,6-7,9-10H2,(H2,18,23)(H,20,21). The van der Waals surface area contributed by atoms with Gasteiger partial charge in [0.25, 0.3) is 5.91 Å². The summed E-state index contributed by atoms with van der Waals surface area (Å²) in [5.41, 5.74) is 10.5. The van der Waals surface area contributed by atoms with Crippen LogP contribution in [0.1, 0.15) is 27.3 Å². The fourth-order valence-electron chi connectivity index (χ4n) is 3.09. The third-order valence-corrected chi connectivity index (χ3v) is 4.25. The largest absolute Gasteiger partial charge is 0.364 e. The van der Waals surface area contributed by atoms with E-state index in [1.54, 1.807) is 6.20 Å². The second-order valence-electron chi connectivity index (χ2n) is 5.76. The van der Waals surface area contributed by atoms with Crippen LogP contribution in [0.2, 0.25) is 0 Å². The van der Waals surface area contributed by atoms with Crippen molar-refractivity contribution in [2.75, 3.05) is 0 Å². The minimum atomic E-state index is -0.481. The van der Waals surface area contributed by atoms with Crippen LogP contribution < -0.4 is 5.73 Å². The first-order valence-electron chi connectivity index (χ1n) is 7.78. The Morgan fingerprint density at radius 2 is 2.12 bits per heavy atom. The molecule has 7 nitrogen and oxygen atoms in total. The van der Waals surface area contributed by atoms with E-state index in [1.807, 2.05) is 35.0 Å². The lowest BCUT2D eigenvalue weighted by Gasteiger charge is -2.14. The van der Waals surface area contributed by atoms with Gasteiger partial charge in [0.15, 0.2) is 0 Å². The molecule has 2 aromatic heterocycles. The van der Waals surface area contributed by atoms with E-state index in [9.17, 15) is 4.79 Å². The second-order valence-corrected chi connectivity index (χ2v) is 5.76. The maximum absolute atomic E-state index is 11.4. The summed E-state index contributed by atoms with van der Waals surface area (Å²) in [5.74, 6) is -0.481. The molecule has 0 radical (unpaired) electrons. The SMILES string of the molecule is NC(=O)c1[nH]nc2c1CCc1c-2cnn1COCc1ccccc1. The number of carbonyl (C=O) groups excluding carboxylic acids is 1. The molecule has 0 unspecified atom stereocenters. The number of nitrogens with two attached hydrogens (primary N) is 1. The van der Waals surface area contributed by atoms with Crippen molar-refractivity contribution in [1.82, 2.24) is 20.0 Å². The molecule has 0 saturated heterocycles. The quantitative estimate of drug-likeness (QED) is 0.745. The number of nitrogens with one attached hydrogen (secondary N) is 1. The van der Waals surface area contributed by atoms with Gasteiger partial charge in [0, 0.05) is 11.1 Å². The molecule has 0 spiro atoms. The summed E-state index contributed by atoms with van der Waals surface area (Å²) in [4.78, 5) is 11.4. The van der Waals surface area contributed by atoms with E-state index >= 15 is 0 Å². The van der Waals surface area contributed by atoms with Crippen LogP contribution in [0.15, 0.2) is 36.5 Å². The number of hydrogen-bond donors (Lipinski definition) is 2. The smallest absolute Gasteiger partial charge is 0.267 e. The van der Waals surface area contributed by atoms with E-state index in [-0.39, 0.29) is 0 Å². The van der Waals surface area contributed by atoms with Crippen LogP contribution in [0.4, 0.5) is 0 Å². The van der Waals surface area contributed by atoms with Crippen LogP contribution in [0.3, 0.4) is 0 Å². The summed E-state index contributed by atoms with van der Waals surface area (Å²) >= 11 is 0. The number of carbonyl (C=O) groups is 1. The minimum absolute atomic E-state index is 0.382. The van der Waals surface area contributed by atoms with Gasteiger partial charge >= 0.3 is 0 Å². The van der Waals surface area contributed by atoms with Gasteiger partial charge in [-0.2, -0.15) is 10.2 Å². The highest BCUT2D eigenvalue weighted by atomic mass is 16.5. The maximum Gasteiger partial charge on any atom is 0.267 e. The molecule has 0 saturated carbocycles. The first-order valence-corrected chi connectivity index (χ1v) is 7.78. The van der Waals surface area contributed by atoms with Crippen molar-refractivity contribution in [2.45, 2.75) is 26.2 Å². The highest BCUT2D eigenvalue weighted by Crippen LogP contribution is 2.33. The molecule has 0 bridgehead atoms. The van der Waals surface area contributed by atoms with Crippen LogP contribution in [0.25, 0.3) is 11.3 Å². The van der Waals surface area contributed by atoms with E-state index < -0.39 is 5.91 Å². The van der Waals surface area contributed by atoms with Gasteiger partial charge in [-0.1, -0.05) is 30.3 Å². The summed E-state index contributed by atoms with van der Waals surface area (Å²) in [6, 6.07) is 10.0. The van der Waals surface area contributed by atoms with E-state index in [4.69, 9.17) is 10.5 Å². The lowest BCUT2D eigenvalue weighted by Crippen LogP contribution is -2.16. The lowest BCUT2D eigenvalue weighted by atomic mass is 9.94. The molecule has 122 valence electrons. The summed E-state index contributed by atoms with van der Waals surface area (Å²) < 4.78 is 7.61. The van der Waals surface area contributed by atoms with Gasteiger partial charge in [-0.15, -0.1) is 0 Å². The number of ether oxygens (including phenoxy) is 1. The number of H-pyrrole nitrogens is 1. The summed E-state index contributed by atoms with van der Waals surface area (Å²) in [6.45, 7) is 0.918. The van der Waals surface area contributed by atoms with Crippen LogP contribution in [-0.4, -0.2) is 25.9 Å². The molecule has 0 fully saturated rings. The number of benzene rings is 1. The van der Waals surface area contributed by atoms with Gasteiger partial charge in [-0.25, -0.2) is 4.68 Å². The lowest BCUT2D eigenvalue weighted by molar-refractivity contribution is 0.0542. The molecule has 1 aliphatic rings. The molecule has 3 N–H and O–H groups in total. The zero-order valence-corrected chi connectivity index (χ0v) is 13.0. The van der Waals surface area contributed by atoms with Crippen LogP contribution >= 0.6 is 0 Å². The zero-order chi connectivity index (χ0) is 16.5. The topological polar surface area (TPSA) is 98.8 Å². The Balaban J connectivity index is 1.52. The minimum Gasteiger partial charge on any atom is -0.364 e. The molecule has 24 heavy (non-hydrogen) atoms. The van der Waals surface area contributed by atoms with Gasteiger partial charge in [0.05, 0.1) is 24.2 Å². The first-order chi connectivity index (χ1) is 11.7. The summed E-state index contributed by atoms with van der Waals surface area (Å²) in [5, 5.41) is 11.4. The van der Waals surface area contributed by atoms with Crippen molar-refractivity contribution in [3.63, 3.8) is 0 Å².